The molecule has 3 heterocycles. The predicted molar refractivity (Wildman–Crippen MR) is 113 cm³/mol. The molecule has 1 fully saturated rings. The Hall–Kier alpha value is -3.15. The Kier molecular flexibility index (Phi) is 7.39. The van der Waals surface area contributed by atoms with Gasteiger partial charge in [-0.05, 0) is 31.1 Å². The quantitative estimate of drug-likeness (QED) is 0.510. The Morgan fingerprint density at radius 1 is 1.31 bits per heavy atom. The van der Waals surface area contributed by atoms with E-state index in [1.807, 2.05) is 23.1 Å². The molecule has 1 aliphatic rings. The van der Waals surface area contributed by atoms with Gasteiger partial charge in [-0.3, -0.25) is 4.79 Å². The Balaban J connectivity index is 1.45. The van der Waals surface area contributed by atoms with Gasteiger partial charge in [0.25, 0.3) is 5.91 Å². The fraction of sp³-hybridized carbons (Fsp3) is 0.364. The lowest BCUT2D eigenvalue weighted by Crippen LogP contribution is -2.48. The zero-order valence-corrected chi connectivity index (χ0v) is 16.8. The number of hydrogen-bond acceptors (Lipinski definition) is 5. The highest BCUT2D eigenvalue weighted by atomic mass is 16.5. The second-order valence-electron chi connectivity index (χ2n) is 6.75. The number of nitrogens with zero attached hydrogens (tertiary/aromatic N) is 5. The maximum absolute atomic E-state index is 12.9. The molecule has 0 atom stereocenters. The zero-order chi connectivity index (χ0) is 20.5. The molecule has 0 saturated carbocycles. The molecule has 0 N–H and O–H groups in total. The van der Waals surface area contributed by atoms with Gasteiger partial charge in [-0.25, -0.2) is 9.50 Å². The smallest absolute Gasteiger partial charge is 0.259 e. The first-order valence-electron chi connectivity index (χ1n) is 9.76. The van der Waals surface area contributed by atoms with E-state index in [4.69, 9.17) is 4.74 Å². The van der Waals surface area contributed by atoms with Gasteiger partial charge >= 0.3 is 0 Å². The second-order valence-corrected chi connectivity index (χ2v) is 6.75. The van der Waals surface area contributed by atoms with Crippen molar-refractivity contribution in [1.29, 1.82) is 0 Å². The van der Waals surface area contributed by atoms with Crippen molar-refractivity contribution in [2.45, 2.75) is 12.8 Å². The molecule has 7 nitrogen and oxygen atoms in total. The monoisotopic (exact) mass is 393 g/mol. The molecule has 1 saturated heterocycles. The summed E-state index contributed by atoms with van der Waals surface area (Å²) in [6.07, 6.45) is 14.7. The van der Waals surface area contributed by atoms with Crippen molar-refractivity contribution in [1.82, 2.24) is 24.4 Å². The van der Waals surface area contributed by atoms with Crippen LogP contribution in [0.3, 0.4) is 0 Å². The molecule has 0 bridgehead atoms. The zero-order valence-electron chi connectivity index (χ0n) is 16.8. The molecule has 0 unspecified atom stereocenters. The Morgan fingerprint density at radius 3 is 2.90 bits per heavy atom. The standard InChI is InChI=1S/C22H27N5O2/c1-19(10-7-5-3-4-6-8-17-29-2)25-13-15-26(16-14-25)22(28)20-18-24-27-12-9-11-23-21(20)27/h3-5,8-9,11-12,18H,1,7,10,13-17H2,2H3/b5-3-. The first-order valence-corrected chi connectivity index (χ1v) is 9.76. The van der Waals surface area contributed by atoms with E-state index >= 15 is 0 Å². The van der Waals surface area contributed by atoms with Crippen molar-refractivity contribution in [3.05, 3.63) is 72.5 Å². The lowest BCUT2D eigenvalue weighted by molar-refractivity contribution is 0.0669. The summed E-state index contributed by atoms with van der Waals surface area (Å²) in [6, 6.07) is 1.79. The van der Waals surface area contributed by atoms with Crippen molar-refractivity contribution >= 4 is 11.6 Å². The Labute approximate surface area is 171 Å². The molecule has 7 heteroatoms. The average Bonchev–Trinajstić information content (AvgIpc) is 3.19. The van der Waals surface area contributed by atoms with E-state index in [2.05, 4.69) is 33.4 Å². The fourth-order valence-corrected chi connectivity index (χ4v) is 3.20. The minimum atomic E-state index is -0.0137. The van der Waals surface area contributed by atoms with Crippen molar-refractivity contribution < 1.29 is 9.53 Å². The average molecular weight is 393 g/mol. The molecular weight excluding hydrogens is 366 g/mol. The molecule has 2 aromatic heterocycles. The SMILES string of the molecule is C=C(CC/C=C\C=C=CCOC)N1CCN(C(=O)c2cnn3cccnc23)CC1. The van der Waals surface area contributed by atoms with Crippen LogP contribution in [0.1, 0.15) is 23.2 Å². The number of allylic oxidation sites excluding steroid dienone is 3. The Morgan fingerprint density at radius 2 is 2.10 bits per heavy atom. The summed E-state index contributed by atoms with van der Waals surface area (Å²) in [4.78, 5) is 21.3. The van der Waals surface area contributed by atoms with Crippen molar-refractivity contribution in [3.8, 4) is 0 Å². The molecule has 0 aromatic carbocycles. The molecule has 1 aliphatic heterocycles. The number of carbonyl (C=O) groups is 1. The number of ether oxygens (including phenoxy) is 1. The minimum Gasteiger partial charge on any atom is -0.380 e. The number of amides is 1. The highest BCUT2D eigenvalue weighted by Gasteiger charge is 2.25. The third-order valence-corrected chi connectivity index (χ3v) is 4.82. The normalized spacial score (nSPS) is 14.2. The van der Waals surface area contributed by atoms with Gasteiger partial charge in [-0.1, -0.05) is 18.7 Å². The summed E-state index contributed by atoms with van der Waals surface area (Å²) in [5.74, 6) is -0.0137. The number of hydrogen-bond donors (Lipinski definition) is 0. The van der Waals surface area contributed by atoms with Crippen LogP contribution in [-0.4, -0.2) is 70.2 Å². The summed E-state index contributed by atoms with van der Waals surface area (Å²) in [5, 5.41) is 4.21. The summed E-state index contributed by atoms with van der Waals surface area (Å²) in [5.41, 5.74) is 5.29. The van der Waals surface area contributed by atoms with Gasteiger partial charge in [0, 0.05) is 51.4 Å². The third-order valence-electron chi connectivity index (χ3n) is 4.82. The van der Waals surface area contributed by atoms with Gasteiger partial charge in [0.2, 0.25) is 0 Å². The van der Waals surface area contributed by atoms with Crippen LogP contribution in [0.15, 0.2) is 67.0 Å². The number of fused-ring (bicyclic) bond motifs is 1. The molecule has 29 heavy (non-hydrogen) atoms. The van der Waals surface area contributed by atoms with Crippen LogP contribution in [0.2, 0.25) is 0 Å². The Bertz CT molecular complexity index is 932. The topological polar surface area (TPSA) is 63.0 Å². The molecule has 0 radical (unpaired) electrons. The molecule has 2 aromatic rings. The summed E-state index contributed by atoms with van der Waals surface area (Å²) in [6.45, 7) is 7.71. The molecular formula is C22H27N5O2. The number of piperazine rings is 1. The van der Waals surface area contributed by atoms with Crippen LogP contribution < -0.4 is 0 Å². The van der Waals surface area contributed by atoms with Crippen LogP contribution in [0.25, 0.3) is 5.65 Å². The lowest BCUT2D eigenvalue weighted by atomic mass is 10.2. The summed E-state index contributed by atoms with van der Waals surface area (Å²) in [7, 11) is 1.66. The van der Waals surface area contributed by atoms with Crippen LogP contribution in [0.4, 0.5) is 0 Å². The molecule has 0 spiro atoms. The predicted octanol–water partition coefficient (Wildman–Crippen LogP) is 2.69. The van der Waals surface area contributed by atoms with Gasteiger partial charge < -0.3 is 14.5 Å². The van der Waals surface area contributed by atoms with E-state index in [0.717, 1.165) is 31.6 Å². The second kappa shape index (κ2) is 10.4. The third kappa shape index (κ3) is 5.44. The largest absolute Gasteiger partial charge is 0.380 e. The summed E-state index contributed by atoms with van der Waals surface area (Å²) >= 11 is 0. The number of rotatable bonds is 8. The van der Waals surface area contributed by atoms with E-state index in [1.54, 1.807) is 36.3 Å². The van der Waals surface area contributed by atoms with Gasteiger partial charge in [-0.15, -0.1) is 5.73 Å². The maximum atomic E-state index is 12.9. The molecule has 0 aliphatic carbocycles. The van der Waals surface area contributed by atoms with Gasteiger partial charge in [0.1, 0.15) is 5.56 Å². The van der Waals surface area contributed by atoms with E-state index in [-0.39, 0.29) is 5.91 Å². The van der Waals surface area contributed by atoms with E-state index in [0.29, 0.717) is 30.9 Å². The highest BCUT2D eigenvalue weighted by Crippen LogP contribution is 2.16. The van der Waals surface area contributed by atoms with E-state index < -0.39 is 0 Å². The molecule has 152 valence electrons. The van der Waals surface area contributed by atoms with Gasteiger partial charge in [-0.2, -0.15) is 5.10 Å². The number of aromatic nitrogens is 3. The molecule has 3 rings (SSSR count). The van der Waals surface area contributed by atoms with Gasteiger partial charge in [0.15, 0.2) is 5.65 Å². The highest BCUT2D eigenvalue weighted by molar-refractivity contribution is 5.99. The van der Waals surface area contributed by atoms with Crippen molar-refractivity contribution in [3.63, 3.8) is 0 Å². The number of methoxy groups -OCH3 is 1. The van der Waals surface area contributed by atoms with Gasteiger partial charge in [0.05, 0.1) is 12.8 Å². The van der Waals surface area contributed by atoms with E-state index in [1.165, 1.54) is 0 Å². The molecule has 1 amide bonds. The first-order chi connectivity index (χ1) is 14.2. The van der Waals surface area contributed by atoms with Crippen LogP contribution in [0.5, 0.6) is 0 Å². The fourth-order valence-electron chi connectivity index (χ4n) is 3.20. The number of carbonyl (C=O) groups excluding carboxylic acids is 1. The lowest BCUT2D eigenvalue weighted by Gasteiger charge is -2.37. The van der Waals surface area contributed by atoms with E-state index in [9.17, 15) is 4.79 Å². The van der Waals surface area contributed by atoms with Crippen LogP contribution in [0, 0.1) is 0 Å². The van der Waals surface area contributed by atoms with Crippen LogP contribution in [-0.2, 0) is 4.74 Å². The minimum absolute atomic E-state index is 0.0137. The summed E-state index contributed by atoms with van der Waals surface area (Å²) < 4.78 is 6.55. The van der Waals surface area contributed by atoms with Crippen molar-refractivity contribution in [2.75, 3.05) is 39.9 Å². The maximum Gasteiger partial charge on any atom is 0.259 e. The van der Waals surface area contributed by atoms with Crippen LogP contribution >= 0.6 is 0 Å². The first kappa shape index (κ1) is 20.6. The van der Waals surface area contributed by atoms with Crippen molar-refractivity contribution in [2.24, 2.45) is 0 Å².